The molecule has 0 N–H and O–H groups in total. The molecule has 1 aliphatic rings. The molecule has 0 aromatic heterocycles. The molecule has 1 saturated heterocycles. The van der Waals surface area contributed by atoms with Crippen LogP contribution in [-0.2, 0) is 4.75 Å². The van der Waals surface area contributed by atoms with Crippen molar-refractivity contribution in [3.05, 3.63) is 42.8 Å². The van der Waals surface area contributed by atoms with Crippen LogP contribution in [0.5, 0.6) is 0 Å². The average Bonchev–Trinajstić information content (AvgIpc) is 2.19. The average molecular weight is 232 g/mol. The molecule has 0 saturated carbocycles. The summed E-state index contributed by atoms with van der Waals surface area (Å²) in [7, 11) is 0. The quantitative estimate of drug-likeness (QED) is 0.666. The molecule has 3 heteroatoms. The Morgan fingerprint density at radius 1 is 1.23 bits per heavy atom. The van der Waals surface area contributed by atoms with Crippen LogP contribution in [0.2, 0.25) is 0 Å². The molecular formula is C10H9Cl2S. The lowest BCUT2D eigenvalue weighted by atomic mass is 9.96. The van der Waals surface area contributed by atoms with Gasteiger partial charge in [-0.1, -0.05) is 30.3 Å². The van der Waals surface area contributed by atoms with Crippen molar-refractivity contribution in [1.29, 1.82) is 0 Å². The van der Waals surface area contributed by atoms with Crippen molar-refractivity contribution in [2.75, 3.05) is 0 Å². The van der Waals surface area contributed by atoms with Gasteiger partial charge < -0.3 is 0 Å². The minimum Gasteiger partial charge on any atom is -0.127 e. The van der Waals surface area contributed by atoms with Gasteiger partial charge in [0.1, 0.15) is 0 Å². The molecule has 1 radical (unpaired) electrons. The Labute approximate surface area is 92.6 Å². The van der Waals surface area contributed by atoms with E-state index < -0.39 is 0 Å². The lowest BCUT2D eigenvalue weighted by Crippen LogP contribution is -2.46. The van der Waals surface area contributed by atoms with E-state index in [4.69, 9.17) is 23.2 Å². The summed E-state index contributed by atoms with van der Waals surface area (Å²) in [5, 5.41) is -0.0819. The topological polar surface area (TPSA) is 0 Å². The molecular weight excluding hydrogens is 223 g/mol. The Morgan fingerprint density at radius 2 is 1.85 bits per heavy atom. The molecule has 0 aliphatic carbocycles. The van der Waals surface area contributed by atoms with Gasteiger partial charge in [-0.2, -0.15) is 0 Å². The van der Waals surface area contributed by atoms with E-state index in [0.717, 1.165) is 5.56 Å². The zero-order valence-electron chi connectivity index (χ0n) is 6.91. The molecule has 0 nitrogen and oxygen atoms in total. The maximum absolute atomic E-state index is 6.13. The Hall–Kier alpha value is 0.150. The van der Waals surface area contributed by atoms with Crippen LogP contribution in [0.4, 0.5) is 0 Å². The molecule has 1 fully saturated rings. The second-order valence-corrected chi connectivity index (χ2v) is 5.80. The molecule has 0 spiro atoms. The van der Waals surface area contributed by atoms with E-state index in [1.54, 1.807) is 11.8 Å². The van der Waals surface area contributed by atoms with Crippen molar-refractivity contribution in [3.8, 4) is 0 Å². The Morgan fingerprint density at radius 3 is 2.31 bits per heavy atom. The van der Waals surface area contributed by atoms with Crippen LogP contribution in [0.1, 0.15) is 5.56 Å². The van der Waals surface area contributed by atoms with Gasteiger partial charge in [0, 0.05) is 0 Å². The maximum Gasteiger partial charge on any atom is 0.0978 e. The lowest BCUT2D eigenvalue weighted by Gasteiger charge is -2.46. The minimum atomic E-state index is -0.255. The van der Waals surface area contributed by atoms with E-state index in [9.17, 15) is 0 Å². The second kappa shape index (κ2) is 3.38. The largest absolute Gasteiger partial charge is 0.127 e. The highest BCUT2D eigenvalue weighted by molar-refractivity contribution is 8.03. The molecule has 3 unspecified atom stereocenters. The summed E-state index contributed by atoms with van der Waals surface area (Å²) in [4.78, 5) is 0. The summed E-state index contributed by atoms with van der Waals surface area (Å²) < 4.78 is -0.269. The van der Waals surface area contributed by atoms with Crippen molar-refractivity contribution in [3.63, 3.8) is 0 Å². The molecule has 3 atom stereocenters. The van der Waals surface area contributed by atoms with Crippen molar-refractivity contribution in [2.24, 2.45) is 0 Å². The summed E-state index contributed by atoms with van der Waals surface area (Å²) in [5.74, 6) is 0. The van der Waals surface area contributed by atoms with Crippen LogP contribution in [0.15, 0.2) is 30.3 Å². The first-order chi connectivity index (χ1) is 6.14. The van der Waals surface area contributed by atoms with E-state index in [0.29, 0.717) is 0 Å². The second-order valence-electron chi connectivity index (χ2n) is 3.13. The third-order valence-electron chi connectivity index (χ3n) is 2.26. The van der Waals surface area contributed by atoms with Crippen LogP contribution >= 0.6 is 35.0 Å². The van der Waals surface area contributed by atoms with Gasteiger partial charge in [0.15, 0.2) is 0 Å². The van der Waals surface area contributed by atoms with E-state index in [2.05, 4.69) is 6.92 Å². The molecule has 0 amide bonds. The molecule has 13 heavy (non-hydrogen) atoms. The highest BCUT2D eigenvalue weighted by Crippen LogP contribution is 2.57. The van der Waals surface area contributed by atoms with E-state index in [-0.39, 0.29) is 14.8 Å². The molecule has 1 heterocycles. The molecule has 1 aromatic rings. The van der Waals surface area contributed by atoms with Crippen LogP contribution in [0, 0.1) is 6.92 Å². The zero-order chi connectivity index (χ0) is 9.47. The molecule has 1 aromatic carbocycles. The van der Waals surface area contributed by atoms with Gasteiger partial charge in [0.2, 0.25) is 0 Å². The van der Waals surface area contributed by atoms with Crippen LogP contribution in [0.25, 0.3) is 0 Å². The highest BCUT2D eigenvalue weighted by Gasteiger charge is 2.51. The predicted octanol–water partition coefficient (Wildman–Crippen LogP) is 3.64. The SMILES string of the molecule is [CH2]C1(c2ccccc2)SC(Cl)C1Cl. The Kier molecular flexibility index (Phi) is 2.52. The first-order valence-electron chi connectivity index (χ1n) is 4.01. The highest BCUT2D eigenvalue weighted by atomic mass is 35.5. The molecule has 1 aliphatic heterocycles. The smallest absolute Gasteiger partial charge is 0.0978 e. The summed E-state index contributed by atoms with van der Waals surface area (Å²) >= 11 is 13.7. The number of hydrogen-bond acceptors (Lipinski definition) is 1. The predicted molar refractivity (Wildman–Crippen MR) is 60.4 cm³/mol. The van der Waals surface area contributed by atoms with Crippen molar-refractivity contribution >= 4 is 35.0 Å². The number of benzene rings is 1. The van der Waals surface area contributed by atoms with Gasteiger partial charge in [-0.25, -0.2) is 0 Å². The van der Waals surface area contributed by atoms with Crippen LogP contribution < -0.4 is 0 Å². The standard InChI is InChI=1S/C10H9Cl2S/c1-10(8(11)9(12)13-10)7-5-3-2-4-6-7/h2-6,8-9H,1H2. The third kappa shape index (κ3) is 1.47. The number of halogens is 2. The van der Waals surface area contributed by atoms with E-state index in [1.807, 2.05) is 30.3 Å². The van der Waals surface area contributed by atoms with Gasteiger partial charge >= 0.3 is 0 Å². The van der Waals surface area contributed by atoms with Crippen molar-refractivity contribution < 1.29 is 0 Å². The number of hydrogen-bond donors (Lipinski definition) is 0. The van der Waals surface area contributed by atoms with Crippen LogP contribution in [0.3, 0.4) is 0 Å². The summed E-state index contributed by atoms with van der Waals surface area (Å²) in [6.45, 7) is 4.12. The number of alkyl halides is 2. The first-order valence-corrected chi connectivity index (χ1v) is 5.77. The van der Waals surface area contributed by atoms with Gasteiger partial charge in [-0.3, -0.25) is 0 Å². The monoisotopic (exact) mass is 231 g/mol. The minimum absolute atomic E-state index is 0.0145. The molecule has 2 rings (SSSR count). The van der Waals surface area contributed by atoms with E-state index >= 15 is 0 Å². The molecule has 69 valence electrons. The number of rotatable bonds is 1. The Balaban J connectivity index is 2.28. The maximum atomic E-state index is 6.13. The van der Waals surface area contributed by atoms with Crippen molar-refractivity contribution in [2.45, 2.75) is 14.8 Å². The first kappa shape index (κ1) is 9.70. The van der Waals surface area contributed by atoms with E-state index in [1.165, 1.54) is 0 Å². The fraction of sp³-hybridized carbons (Fsp3) is 0.300. The number of thioether (sulfide) groups is 1. The molecule has 0 bridgehead atoms. The zero-order valence-corrected chi connectivity index (χ0v) is 9.24. The van der Waals surface area contributed by atoms with Crippen molar-refractivity contribution in [1.82, 2.24) is 0 Å². The van der Waals surface area contributed by atoms with Crippen LogP contribution in [-0.4, -0.2) is 10.1 Å². The van der Waals surface area contributed by atoms with Gasteiger partial charge in [-0.05, 0) is 12.5 Å². The third-order valence-corrected chi connectivity index (χ3v) is 5.22. The van der Waals surface area contributed by atoms with Gasteiger partial charge in [0.05, 0.1) is 14.8 Å². The lowest BCUT2D eigenvalue weighted by molar-refractivity contribution is 0.675. The normalized spacial score (nSPS) is 38.4. The van der Waals surface area contributed by atoms with Gasteiger partial charge in [-0.15, -0.1) is 35.0 Å². The summed E-state index contributed by atoms with van der Waals surface area (Å²) in [6, 6.07) is 10.1. The Bertz CT molecular complexity index is 301. The fourth-order valence-corrected chi connectivity index (χ4v) is 3.68. The fourth-order valence-electron chi connectivity index (χ4n) is 1.41. The summed E-state index contributed by atoms with van der Waals surface area (Å²) in [6.07, 6.45) is 0. The van der Waals surface area contributed by atoms with Gasteiger partial charge in [0.25, 0.3) is 0 Å². The summed E-state index contributed by atoms with van der Waals surface area (Å²) in [5.41, 5.74) is 1.15.